The van der Waals surface area contributed by atoms with Crippen LogP contribution in [0.25, 0.3) is 0 Å². The summed E-state index contributed by atoms with van der Waals surface area (Å²) < 4.78 is 15.2. The predicted molar refractivity (Wildman–Crippen MR) is 121 cm³/mol. The molecule has 3 fully saturated rings. The van der Waals surface area contributed by atoms with E-state index in [2.05, 4.69) is 15.6 Å². The number of nitrogens with zero attached hydrogens (tertiary/aromatic N) is 2. The third-order valence-corrected chi connectivity index (χ3v) is 8.21. The molecule has 5 rings (SSSR count). The molecule has 2 saturated carbocycles. The van der Waals surface area contributed by atoms with Crippen LogP contribution in [0.1, 0.15) is 60.6 Å². The van der Waals surface area contributed by atoms with Crippen LogP contribution in [0.15, 0.2) is 24.5 Å². The van der Waals surface area contributed by atoms with Gasteiger partial charge in [-0.05, 0) is 87.6 Å². The second-order valence-corrected chi connectivity index (χ2v) is 10.3. The van der Waals surface area contributed by atoms with Gasteiger partial charge in [-0.15, -0.1) is 0 Å². The number of anilines is 1. The molecule has 6 nitrogen and oxygen atoms in total. The summed E-state index contributed by atoms with van der Waals surface area (Å²) in [6.07, 6.45) is 7.42. The number of carbonyl (C=O) groups is 1. The van der Waals surface area contributed by atoms with Crippen molar-refractivity contribution in [1.82, 2.24) is 14.9 Å². The number of hydrogen-bond donors (Lipinski definition) is 3. The highest BCUT2D eigenvalue weighted by Crippen LogP contribution is 2.56. The van der Waals surface area contributed by atoms with Crippen molar-refractivity contribution in [3.05, 3.63) is 46.8 Å². The number of carbonyl (C=O) groups excluding carboxylic acids is 1. The van der Waals surface area contributed by atoms with Gasteiger partial charge in [0.25, 0.3) is 5.91 Å². The number of aliphatic hydroxyl groups is 1. The Morgan fingerprint density at radius 1 is 1.28 bits per heavy atom. The van der Waals surface area contributed by atoms with Crippen molar-refractivity contribution in [2.75, 3.05) is 18.4 Å². The van der Waals surface area contributed by atoms with Gasteiger partial charge in [0.1, 0.15) is 11.5 Å². The van der Waals surface area contributed by atoms with Gasteiger partial charge in [-0.3, -0.25) is 4.79 Å². The summed E-state index contributed by atoms with van der Waals surface area (Å²) in [6, 6.07) is 4.15. The van der Waals surface area contributed by atoms with Crippen LogP contribution >= 0.6 is 11.6 Å². The van der Waals surface area contributed by atoms with Crippen LogP contribution in [-0.2, 0) is 7.05 Å². The molecule has 2 aliphatic carbocycles. The van der Waals surface area contributed by atoms with Crippen molar-refractivity contribution in [2.24, 2.45) is 24.8 Å². The molecule has 0 bridgehead atoms. The zero-order valence-electron chi connectivity index (χ0n) is 18.3. The van der Waals surface area contributed by atoms with E-state index in [0.29, 0.717) is 29.1 Å². The molecule has 1 aliphatic heterocycles. The standard InChI is InChI=1S/C24H30ClFN4O2/c1-30-13-28-21(22(30)23(31)29-18-2-3-20(26)19(25)10-18)14-8-15-11-24(32,12-16(15)9-14)17-4-6-27-7-5-17/h2-3,10,13-17,27,32H,4-9,11-12H2,1H3,(H,29,31). The summed E-state index contributed by atoms with van der Waals surface area (Å²) in [5.41, 5.74) is 1.26. The number of halogens is 2. The predicted octanol–water partition coefficient (Wildman–Crippen LogP) is 4.10. The van der Waals surface area contributed by atoms with E-state index in [1.807, 2.05) is 7.05 Å². The molecule has 32 heavy (non-hydrogen) atoms. The summed E-state index contributed by atoms with van der Waals surface area (Å²) in [6.45, 7) is 1.99. The minimum atomic E-state index is -0.533. The van der Waals surface area contributed by atoms with Crippen molar-refractivity contribution in [2.45, 2.75) is 50.0 Å². The Balaban J connectivity index is 1.29. The molecule has 8 heteroatoms. The lowest BCUT2D eigenvalue weighted by molar-refractivity contribution is -0.0314. The smallest absolute Gasteiger partial charge is 0.274 e. The highest BCUT2D eigenvalue weighted by Gasteiger charge is 2.52. The first-order valence-electron chi connectivity index (χ1n) is 11.5. The third-order valence-electron chi connectivity index (χ3n) is 7.92. The minimum absolute atomic E-state index is 0.0297. The quantitative estimate of drug-likeness (QED) is 0.641. The third kappa shape index (κ3) is 3.95. The lowest BCUT2D eigenvalue weighted by Crippen LogP contribution is -2.42. The molecule has 1 aromatic carbocycles. The van der Waals surface area contributed by atoms with E-state index in [-0.39, 0.29) is 16.8 Å². The van der Waals surface area contributed by atoms with E-state index < -0.39 is 11.4 Å². The highest BCUT2D eigenvalue weighted by molar-refractivity contribution is 6.31. The number of aromatic nitrogens is 2. The van der Waals surface area contributed by atoms with E-state index in [4.69, 9.17) is 11.6 Å². The number of rotatable bonds is 4. The summed E-state index contributed by atoms with van der Waals surface area (Å²) in [5, 5.41) is 17.6. The van der Waals surface area contributed by atoms with Gasteiger partial charge in [0.05, 0.1) is 22.6 Å². The van der Waals surface area contributed by atoms with Gasteiger partial charge in [0, 0.05) is 18.7 Å². The number of fused-ring (bicyclic) bond motifs is 1. The molecule has 172 valence electrons. The van der Waals surface area contributed by atoms with Gasteiger partial charge >= 0.3 is 0 Å². The molecular weight excluding hydrogens is 431 g/mol. The van der Waals surface area contributed by atoms with Crippen LogP contribution in [0.5, 0.6) is 0 Å². The largest absolute Gasteiger partial charge is 0.390 e. The Hall–Kier alpha value is -1.96. The Morgan fingerprint density at radius 3 is 2.62 bits per heavy atom. The molecule has 2 aromatic rings. The van der Waals surface area contributed by atoms with E-state index in [1.54, 1.807) is 10.9 Å². The monoisotopic (exact) mass is 460 g/mol. The van der Waals surface area contributed by atoms with Crippen LogP contribution in [0.3, 0.4) is 0 Å². The minimum Gasteiger partial charge on any atom is -0.390 e. The van der Waals surface area contributed by atoms with Gasteiger partial charge in [0.2, 0.25) is 0 Å². The molecule has 3 N–H and O–H groups in total. The topological polar surface area (TPSA) is 79.2 Å². The summed E-state index contributed by atoms with van der Waals surface area (Å²) in [4.78, 5) is 17.7. The second kappa shape index (κ2) is 8.43. The van der Waals surface area contributed by atoms with Crippen LogP contribution in [0, 0.1) is 23.6 Å². The molecule has 1 saturated heterocycles. The second-order valence-electron chi connectivity index (χ2n) is 9.90. The lowest BCUT2D eigenvalue weighted by Gasteiger charge is -2.36. The zero-order valence-corrected chi connectivity index (χ0v) is 19.0. The van der Waals surface area contributed by atoms with Crippen molar-refractivity contribution in [3.8, 4) is 0 Å². The van der Waals surface area contributed by atoms with Crippen LogP contribution in [-0.4, -0.2) is 39.3 Å². The zero-order chi connectivity index (χ0) is 22.5. The van der Waals surface area contributed by atoms with Crippen molar-refractivity contribution >= 4 is 23.2 Å². The number of aryl methyl sites for hydroxylation is 1. The molecular formula is C24H30ClFN4O2. The fraction of sp³-hybridized carbons (Fsp3) is 0.583. The number of piperidine rings is 1. The normalized spacial score (nSPS) is 30.4. The number of benzene rings is 1. The summed E-state index contributed by atoms with van der Waals surface area (Å²) >= 11 is 5.85. The Morgan fingerprint density at radius 2 is 1.97 bits per heavy atom. The average molecular weight is 461 g/mol. The molecule has 2 heterocycles. The maximum absolute atomic E-state index is 13.4. The molecule has 2 unspecified atom stereocenters. The van der Waals surface area contributed by atoms with E-state index in [0.717, 1.165) is 57.3 Å². The Labute approximate surface area is 192 Å². The molecule has 0 radical (unpaired) electrons. The molecule has 1 amide bonds. The van der Waals surface area contributed by atoms with Gasteiger partial charge in [0.15, 0.2) is 0 Å². The highest BCUT2D eigenvalue weighted by atomic mass is 35.5. The van der Waals surface area contributed by atoms with Crippen molar-refractivity contribution in [1.29, 1.82) is 0 Å². The van der Waals surface area contributed by atoms with Crippen molar-refractivity contribution < 1.29 is 14.3 Å². The number of imidazole rings is 1. The molecule has 2 atom stereocenters. The molecule has 0 spiro atoms. The Bertz CT molecular complexity index is 1010. The van der Waals surface area contributed by atoms with E-state index in [1.165, 1.54) is 18.2 Å². The van der Waals surface area contributed by atoms with Gasteiger partial charge < -0.3 is 20.3 Å². The lowest BCUT2D eigenvalue weighted by atomic mass is 9.77. The van der Waals surface area contributed by atoms with E-state index >= 15 is 0 Å². The maximum atomic E-state index is 13.4. The average Bonchev–Trinajstić information content (AvgIpc) is 3.42. The fourth-order valence-corrected chi connectivity index (χ4v) is 6.59. The van der Waals surface area contributed by atoms with Crippen LogP contribution in [0.4, 0.5) is 10.1 Å². The fourth-order valence-electron chi connectivity index (χ4n) is 6.41. The first-order chi connectivity index (χ1) is 15.3. The van der Waals surface area contributed by atoms with Crippen LogP contribution < -0.4 is 10.6 Å². The van der Waals surface area contributed by atoms with Crippen LogP contribution in [0.2, 0.25) is 5.02 Å². The maximum Gasteiger partial charge on any atom is 0.274 e. The SMILES string of the molecule is Cn1cnc(C2CC3CC(O)(C4CCNCC4)CC3C2)c1C(=O)Nc1ccc(F)c(Cl)c1. The van der Waals surface area contributed by atoms with Gasteiger partial charge in [-0.25, -0.2) is 9.37 Å². The van der Waals surface area contributed by atoms with E-state index in [9.17, 15) is 14.3 Å². The summed E-state index contributed by atoms with van der Waals surface area (Å²) in [5.74, 6) is 0.772. The van der Waals surface area contributed by atoms with Gasteiger partial charge in [-0.1, -0.05) is 11.6 Å². The number of nitrogens with one attached hydrogen (secondary N) is 2. The van der Waals surface area contributed by atoms with Crippen molar-refractivity contribution in [3.63, 3.8) is 0 Å². The Kier molecular flexibility index (Phi) is 5.76. The summed E-state index contributed by atoms with van der Waals surface area (Å²) in [7, 11) is 1.81. The first-order valence-corrected chi connectivity index (χ1v) is 11.9. The first kappa shape index (κ1) is 21.9. The van der Waals surface area contributed by atoms with Gasteiger partial charge in [-0.2, -0.15) is 0 Å². The molecule has 1 aromatic heterocycles. The number of amides is 1. The number of hydrogen-bond acceptors (Lipinski definition) is 4. The molecule has 3 aliphatic rings.